The van der Waals surface area contributed by atoms with Gasteiger partial charge < -0.3 is 5.32 Å². The number of amides is 1. The van der Waals surface area contributed by atoms with Crippen LogP contribution in [0.3, 0.4) is 0 Å². The van der Waals surface area contributed by atoms with Crippen LogP contribution in [0.4, 0.5) is 4.39 Å². The lowest BCUT2D eigenvalue weighted by atomic mass is 10.1. The minimum absolute atomic E-state index is 0.0639. The van der Waals surface area contributed by atoms with Crippen LogP contribution in [0, 0.1) is 19.7 Å². The molecule has 1 heterocycles. The molecule has 2 rings (SSSR count). The summed E-state index contributed by atoms with van der Waals surface area (Å²) < 4.78 is 14.7. The third kappa shape index (κ3) is 3.48. The normalized spacial score (nSPS) is 12.2. The van der Waals surface area contributed by atoms with Crippen molar-refractivity contribution in [3.8, 4) is 0 Å². The number of hydrogen-bond donors (Lipinski definition) is 1. The van der Waals surface area contributed by atoms with Gasteiger partial charge in [0.25, 0.3) is 0 Å². The Balaban J connectivity index is 2.03. The average Bonchev–Trinajstić information content (AvgIpc) is 2.66. The number of rotatable bonds is 4. The first-order valence-electron chi connectivity index (χ1n) is 6.92. The van der Waals surface area contributed by atoms with Gasteiger partial charge in [-0.15, -0.1) is 0 Å². The maximum absolute atomic E-state index is 12.9. The van der Waals surface area contributed by atoms with E-state index in [0.717, 1.165) is 22.5 Å². The molecule has 1 N–H and O–H groups in total. The standard InChI is InChI=1S/C16H20FN3O/c1-10(13-5-7-14(17)8-6-13)18-16(21)9-15-11(2)19-20(4)12(15)3/h5-8,10H,9H2,1-4H3,(H,18,21)/t10-/m1/s1. The molecule has 21 heavy (non-hydrogen) atoms. The lowest BCUT2D eigenvalue weighted by Crippen LogP contribution is -2.28. The fourth-order valence-electron chi connectivity index (χ4n) is 2.36. The van der Waals surface area contributed by atoms with Crippen LogP contribution in [0.2, 0.25) is 0 Å². The smallest absolute Gasteiger partial charge is 0.225 e. The SMILES string of the molecule is Cc1nn(C)c(C)c1CC(=O)N[C@H](C)c1ccc(F)cc1. The number of carbonyl (C=O) groups excluding carboxylic acids is 1. The second kappa shape index (κ2) is 6.08. The van der Waals surface area contributed by atoms with Gasteiger partial charge in [-0.05, 0) is 38.5 Å². The van der Waals surface area contributed by atoms with Crippen molar-refractivity contribution in [3.63, 3.8) is 0 Å². The predicted molar refractivity (Wildman–Crippen MR) is 79.3 cm³/mol. The fourth-order valence-corrected chi connectivity index (χ4v) is 2.36. The van der Waals surface area contributed by atoms with E-state index in [1.165, 1.54) is 12.1 Å². The highest BCUT2D eigenvalue weighted by Gasteiger charge is 2.15. The van der Waals surface area contributed by atoms with Crippen LogP contribution >= 0.6 is 0 Å². The average molecular weight is 289 g/mol. The molecule has 0 unspecified atom stereocenters. The Labute approximate surface area is 124 Å². The molecule has 5 heteroatoms. The fraction of sp³-hybridized carbons (Fsp3) is 0.375. The van der Waals surface area contributed by atoms with Gasteiger partial charge in [0.05, 0.1) is 18.2 Å². The Morgan fingerprint density at radius 2 is 1.95 bits per heavy atom. The van der Waals surface area contributed by atoms with Crippen molar-refractivity contribution in [2.24, 2.45) is 7.05 Å². The van der Waals surface area contributed by atoms with Crippen LogP contribution in [0.25, 0.3) is 0 Å². The van der Waals surface area contributed by atoms with E-state index in [1.807, 2.05) is 27.8 Å². The van der Waals surface area contributed by atoms with E-state index in [9.17, 15) is 9.18 Å². The zero-order chi connectivity index (χ0) is 15.6. The molecule has 1 amide bonds. The van der Waals surface area contributed by atoms with Gasteiger partial charge in [-0.3, -0.25) is 9.48 Å². The zero-order valence-corrected chi connectivity index (χ0v) is 12.8. The zero-order valence-electron chi connectivity index (χ0n) is 12.8. The van der Waals surface area contributed by atoms with E-state index >= 15 is 0 Å². The van der Waals surface area contributed by atoms with Crippen molar-refractivity contribution in [1.29, 1.82) is 0 Å². The summed E-state index contributed by atoms with van der Waals surface area (Å²) in [6, 6.07) is 6.00. The van der Waals surface area contributed by atoms with Crippen LogP contribution in [0.5, 0.6) is 0 Å². The second-order valence-corrected chi connectivity index (χ2v) is 5.29. The molecule has 2 aromatic rings. The molecule has 112 valence electrons. The molecule has 0 fully saturated rings. The van der Waals surface area contributed by atoms with Crippen molar-refractivity contribution in [1.82, 2.24) is 15.1 Å². The first kappa shape index (κ1) is 15.2. The van der Waals surface area contributed by atoms with Gasteiger partial charge >= 0.3 is 0 Å². The molecule has 4 nitrogen and oxygen atoms in total. The summed E-state index contributed by atoms with van der Waals surface area (Å²) >= 11 is 0. The molecular formula is C16H20FN3O. The highest BCUT2D eigenvalue weighted by molar-refractivity contribution is 5.79. The summed E-state index contributed by atoms with van der Waals surface area (Å²) in [6.07, 6.45) is 0.303. The molecule has 0 saturated carbocycles. The first-order valence-corrected chi connectivity index (χ1v) is 6.92. The lowest BCUT2D eigenvalue weighted by molar-refractivity contribution is -0.121. The van der Waals surface area contributed by atoms with Gasteiger partial charge in [0.2, 0.25) is 5.91 Å². The van der Waals surface area contributed by atoms with Gasteiger partial charge in [0, 0.05) is 18.3 Å². The van der Waals surface area contributed by atoms with Crippen molar-refractivity contribution >= 4 is 5.91 Å². The highest BCUT2D eigenvalue weighted by Crippen LogP contribution is 2.15. The van der Waals surface area contributed by atoms with Crippen molar-refractivity contribution in [2.75, 3.05) is 0 Å². The summed E-state index contributed by atoms with van der Waals surface area (Å²) in [7, 11) is 1.87. The Bertz CT molecular complexity index is 646. The quantitative estimate of drug-likeness (QED) is 0.940. The number of benzene rings is 1. The molecule has 1 aromatic heterocycles. The maximum Gasteiger partial charge on any atom is 0.225 e. The van der Waals surface area contributed by atoms with E-state index < -0.39 is 0 Å². The number of carbonyl (C=O) groups is 1. The molecule has 0 radical (unpaired) electrons. The highest BCUT2D eigenvalue weighted by atomic mass is 19.1. The third-order valence-corrected chi connectivity index (χ3v) is 3.74. The van der Waals surface area contributed by atoms with E-state index in [2.05, 4.69) is 10.4 Å². The number of aromatic nitrogens is 2. The van der Waals surface area contributed by atoms with Gasteiger partial charge in [-0.1, -0.05) is 12.1 Å². The van der Waals surface area contributed by atoms with E-state index in [-0.39, 0.29) is 17.8 Å². The molecule has 0 saturated heterocycles. The Morgan fingerprint density at radius 1 is 1.33 bits per heavy atom. The number of nitrogens with one attached hydrogen (secondary N) is 1. The molecule has 0 aliphatic rings. The van der Waals surface area contributed by atoms with Gasteiger partial charge in [-0.2, -0.15) is 5.10 Å². The van der Waals surface area contributed by atoms with Crippen molar-refractivity contribution in [3.05, 3.63) is 52.6 Å². The van der Waals surface area contributed by atoms with Crippen LogP contribution < -0.4 is 5.32 Å². The predicted octanol–water partition coefficient (Wildman–Crippen LogP) is 2.60. The number of halogens is 1. The largest absolute Gasteiger partial charge is 0.349 e. The summed E-state index contributed by atoms with van der Waals surface area (Å²) in [5.41, 5.74) is 3.71. The number of hydrogen-bond acceptors (Lipinski definition) is 2. The summed E-state index contributed by atoms with van der Waals surface area (Å²) in [4.78, 5) is 12.2. The van der Waals surface area contributed by atoms with Gasteiger partial charge in [-0.25, -0.2) is 4.39 Å². The van der Waals surface area contributed by atoms with Crippen LogP contribution in [0.15, 0.2) is 24.3 Å². The van der Waals surface area contributed by atoms with E-state index in [4.69, 9.17) is 0 Å². The molecule has 0 aliphatic heterocycles. The van der Waals surface area contributed by atoms with E-state index in [0.29, 0.717) is 6.42 Å². The monoisotopic (exact) mass is 289 g/mol. The maximum atomic E-state index is 12.9. The molecule has 0 aliphatic carbocycles. The van der Waals surface area contributed by atoms with Crippen molar-refractivity contribution in [2.45, 2.75) is 33.2 Å². The Hall–Kier alpha value is -2.17. The molecule has 0 spiro atoms. The summed E-state index contributed by atoms with van der Waals surface area (Å²) in [6.45, 7) is 5.74. The molecule has 0 bridgehead atoms. The van der Waals surface area contributed by atoms with E-state index in [1.54, 1.807) is 16.8 Å². The van der Waals surface area contributed by atoms with Gasteiger partial charge in [0.15, 0.2) is 0 Å². The number of nitrogens with zero attached hydrogens (tertiary/aromatic N) is 2. The van der Waals surface area contributed by atoms with Crippen molar-refractivity contribution < 1.29 is 9.18 Å². The topological polar surface area (TPSA) is 46.9 Å². The van der Waals surface area contributed by atoms with Gasteiger partial charge in [0.1, 0.15) is 5.82 Å². The Kier molecular flexibility index (Phi) is 4.40. The van der Waals surface area contributed by atoms with Crippen LogP contribution in [0.1, 0.15) is 35.5 Å². The summed E-state index contributed by atoms with van der Waals surface area (Å²) in [5, 5.41) is 7.24. The third-order valence-electron chi connectivity index (χ3n) is 3.74. The lowest BCUT2D eigenvalue weighted by Gasteiger charge is -2.14. The van der Waals surface area contributed by atoms with Crippen LogP contribution in [-0.4, -0.2) is 15.7 Å². The number of aryl methyl sites for hydroxylation is 2. The first-order chi connectivity index (χ1) is 9.88. The molecular weight excluding hydrogens is 269 g/mol. The second-order valence-electron chi connectivity index (χ2n) is 5.29. The Morgan fingerprint density at radius 3 is 2.48 bits per heavy atom. The van der Waals surface area contributed by atoms with Crippen LogP contribution in [-0.2, 0) is 18.3 Å². The molecule has 1 aromatic carbocycles. The molecule has 1 atom stereocenters. The minimum atomic E-state index is -0.279. The minimum Gasteiger partial charge on any atom is -0.349 e. The summed E-state index contributed by atoms with van der Waals surface area (Å²) in [5.74, 6) is -0.343.